The highest BCUT2D eigenvalue weighted by atomic mass is 127. The number of fused-ring (bicyclic) bond motifs is 1. The summed E-state index contributed by atoms with van der Waals surface area (Å²) in [5.74, 6) is 0.252. The number of hydrogen-bond donors (Lipinski definition) is 1. The fourth-order valence-corrected chi connectivity index (χ4v) is 3.18. The Morgan fingerprint density at radius 2 is 2.23 bits per heavy atom. The molecule has 0 spiro atoms. The standard InChI is InChI=1S/C9H4INOS/c10-6-4-13-9-7(12)2-1-5(3-11)8(6)9/h1-2,4,12H. The van der Waals surface area contributed by atoms with Crippen LogP contribution in [0.1, 0.15) is 5.56 Å². The fraction of sp³-hybridized carbons (Fsp3) is 0. The molecule has 0 unspecified atom stereocenters. The topological polar surface area (TPSA) is 44.0 Å². The molecule has 0 saturated heterocycles. The van der Waals surface area contributed by atoms with Crippen LogP contribution in [0.2, 0.25) is 0 Å². The smallest absolute Gasteiger partial charge is 0.133 e. The zero-order valence-electron chi connectivity index (χ0n) is 6.41. The van der Waals surface area contributed by atoms with Gasteiger partial charge in [0.15, 0.2) is 0 Å². The minimum atomic E-state index is 0.252. The molecule has 1 aromatic carbocycles. The van der Waals surface area contributed by atoms with Gasteiger partial charge in [0.2, 0.25) is 0 Å². The van der Waals surface area contributed by atoms with Gasteiger partial charge in [-0.3, -0.25) is 0 Å². The van der Waals surface area contributed by atoms with E-state index in [0.717, 1.165) is 13.7 Å². The van der Waals surface area contributed by atoms with Crippen molar-refractivity contribution in [2.75, 3.05) is 0 Å². The summed E-state index contributed by atoms with van der Waals surface area (Å²) in [6.45, 7) is 0. The Bertz CT molecular complexity index is 512. The maximum absolute atomic E-state index is 9.50. The van der Waals surface area contributed by atoms with Crippen molar-refractivity contribution in [3.05, 3.63) is 26.6 Å². The van der Waals surface area contributed by atoms with Crippen LogP contribution in [0.3, 0.4) is 0 Å². The molecule has 2 nitrogen and oxygen atoms in total. The first-order valence-electron chi connectivity index (χ1n) is 3.53. The highest BCUT2D eigenvalue weighted by molar-refractivity contribution is 14.1. The van der Waals surface area contributed by atoms with Crippen molar-refractivity contribution in [3.63, 3.8) is 0 Å². The lowest BCUT2D eigenvalue weighted by molar-refractivity contribution is 0.482. The lowest BCUT2D eigenvalue weighted by Crippen LogP contribution is -1.77. The second-order valence-electron chi connectivity index (χ2n) is 2.53. The highest BCUT2D eigenvalue weighted by Crippen LogP contribution is 2.35. The Hall–Kier alpha value is -0.800. The van der Waals surface area contributed by atoms with Gasteiger partial charge in [-0.1, -0.05) is 0 Å². The molecule has 0 radical (unpaired) electrons. The average molecular weight is 301 g/mol. The Morgan fingerprint density at radius 3 is 2.92 bits per heavy atom. The summed E-state index contributed by atoms with van der Waals surface area (Å²) >= 11 is 3.63. The van der Waals surface area contributed by atoms with Crippen LogP contribution in [0.25, 0.3) is 10.1 Å². The van der Waals surface area contributed by atoms with Gasteiger partial charge >= 0.3 is 0 Å². The maximum atomic E-state index is 9.50. The molecule has 1 aromatic heterocycles. The van der Waals surface area contributed by atoms with E-state index in [0.29, 0.717) is 5.56 Å². The van der Waals surface area contributed by atoms with E-state index in [1.807, 2.05) is 5.38 Å². The summed E-state index contributed by atoms with van der Waals surface area (Å²) in [5.41, 5.74) is 0.624. The van der Waals surface area contributed by atoms with Gasteiger partial charge in [0.25, 0.3) is 0 Å². The van der Waals surface area contributed by atoms with Crippen LogP contribution < -0.4 is 0 Å². The second kappa shape index (κ2) is 3.16. The van der Waals surface area contributed by atoms with Gasteiger partial charge < -0.3 is 5.11 Å². The van der Waals surface area contributed by atoms with Gasteiger partial charge in [-0.05, 0) is 34.7 Å². The molecule has 1 N–H and O–H groups in total. The van der Waals surface area contributed by atoms with Crippen LogP contribution >= 0.6 is 33.9 Å². The van der Waals surface area contributed by atoms with Crippen LogP contribution in [0.15, 0.2) is 17.5 Å². The second-order valence-corrected chi connectivity index (χ2v) is 4.57. The van der Waals surface area contributed by atoms with Crippen LogP contribution in [0, 0.1) is 14.9 Å². The first kappa shape index (κ1) is 8.78. The van der Waals surface area contributed by atoms with Crippen molar-refractivity contribution in [1.29, 1.82) is 5.26 Å². The quantitative estimate of drug-likeness (QED) is 0.760. The minimum absolute atomic E-state index is 0.252. The number of benzene rings is 1. The number of nitrogens with zero attached hydrogens (tertiary/aromatic N) is 1. The molecule has 1 heterocycles. The summed E-state index contributed by atoms with van der Waals surface area (Å²) in [6.07, 6.45) is 0. The van der Waals surface area contributed by atoms with Crippen molar-refractivity contribution >= 4 is 44.0 Å². The number of aromatic hydroxyl groups is 1. The lowest BCUT2D eigenvalue weighted by atomic mass is 10.1. The molecule has 4 heteroatoms. The number of halogens is 1. The number of phenols is 1. The monoisotopic (exact) mass is 301 g/mol. The summed E-state index contributed by atoms with van der Waals surface area (Å²) in [4.78, 5) is 0. The molecule has 0 bridgehead atoms. The number of phenolic OH excluding ortho intramolecular Hbond substituents is 1. The van der Waals surface area contributed by atoms with Crippen LogP contribution in [-0.4, -0.2) is 5.11 Å². The van der Waals surface area contributed by atoms with E-state index in [1.54, 1.807) is 12.1 Å². The molecular weight excluding hydrogens is 297 g/mol. The van der Waals surface area contributed by atoms with Gasteiger partial charge in [0, 0.05) is 14.3 Å². The largest absolute Gasteiger partial charge is 0.506 e. The van der Waals surface area contributed by atoms with E-state index in [-0.39, 0.29) is 5.75 Å². The molecular formula is C9H4INOS. The first-order valence-corrected chi connectivity index (χ1v) is 5.48. The van der Waals surface area contributed by atoms with Gasteiger partial charge in [0.05, 0.1) is 16.3 Å². The molecule has 0 saturated carbocycles. The fourth-order valence-electron chi connectivity index (χ4n) is 1.19. The molecule has 0 aliphatic rings. The van der Waals surface area contributed by atoms with Gasteiger partial charge in [-0.2, -0.15) is 5.26 Å². The molecule has 64 valence electrons. The molecule has 0 amide bonds. The van der Waals surface area contributed by atoms with Gasteiger partial charge in [-0.15, -0.1) is 11.3 Å². The van der Waals surface area contributed by atoms with Crippen LogP contribution in [0.5, 0.6) is 5.75 Å². The summed E-state index contributed by atoms with van der Waals surface area (Å²) < 4.78 is 1.81. The van der Waals surface area contributed by atoms with Crippen molar-refractivity contribution in [2.45, 2.75) is 0 Å². The highest BCUT2D eigenvalue weighted by Gasteiger charge is 2.09. The average Bonchev–Trinajstić information content (AvgIpc) is 2.51. The van der Waals surface area contributed by atoms with Crippen LogP contribution in [0.4, 0.5) is 0 Å². The third-order valence-corrected chi connectivity index (χ3v) is 4.05. The predicted octanol–water partition coefficient (Wildman–Crippen LogP) is 3.08. The van der Waals surface area contributed by atoms with Crippen molar-refractivity contribution < 1.29 is 5.11 Å². The van der Waals surface area contributed by atoms with Crippen molar-refractivity contribution in [1.82, 2.24) is 0 Å². The lowest BCUT2D eigenvalue weighted by Gasteiger charge is -1.96. The molecule has 2 rings (SSSR count). The van der Waals surface area contributed by atoms with E-state index < -0.39 is 0 Å². The third kappa shape index (κ3) is 1.28. The number of nitriles is 1. The summed E-state index contributed by atoms with van der Waals surface area (Å²) in [5, 5.41) is 21.1. The zero-order chi connectivity index (χ0) is 9.42. The Morgan fingerprint density at radius 1 is 1.46 bits per heavy atom. The third-order valence-electron chi connectivity index (χ3n) is 1.78. The molecule has 0 atom stereocenters. The van der Waals surface area contributed by atoms with Crippen molar-refractivity contribution in [2.24, 2.45) is 0 Å². The van der Waals surface area contributed by atoms with E-state index in [9.17, 15) is 5.11 Å². The van der Waals surface area contributed by atoms with E-state index in [1.165, 1.54) is 11.3 Å². The summed E-state index contributed by atoms with van der Waals surface area (Å²) in [6, 6.07) is 5.32. The first-order chi connectivity index (χ1) is 6.24. The number of hydrogen-bond acceptors (Lipinski definition) is 3. The predicted molar refractivity (Wildman–Crippen MR) is 60.9 cm³/mol. The van der Waals surface area contributed by atoms with E-state index in [2.05, 4.69) is 28.7 Å². The summed E-state index contributed by atoms with van der Waals surface area (Å²) in [7, 11) is 0. The van der Waals surface area contributed by atoms with Gasteiger partial charge in [0.1, 0.15) is 5.75 Å². The van der Waals surface area contributed by atoms with Crippen molar-refractivity contribution in [3.8, 4) is 11.8 Å². The normalized spacial score (nSPS) is 10.2. The Balaban J connectivity index is 2.99. The van der Waals surface area contributed by atoms with E-state index >= 15 is 0 Å². The van der Waals surface area contributed by atoms with Gasteiger partial charge in [-0.25, -0.2) is 0 Å². The molecule has 0 aliphatic heterocycles. The SMILES string of the molecule is N#Cc1ccc(O)c2scc(I)c12. The number of rotatable bonds is 0. The molecule has 0 fully saturated rings. The Labute approximate surface area is 92.6 Å². The minimum Gasteiger partial charge on any atom is -0.506 e. The van der Waals surface area contributed by atoms with Crippen LogP contribution in [-0.2, 0) is 0 Å². The van der Waals surface area contributed by atoms with E-state index in [4.69, 9.17) is 5.26 Å². The molecule has 2 aromatic rings. The molecule has 13 heavy (non-hydrogen) atoms. The zero-order valence-corrected chi connectivity index (χ0v) is 9.39. The molecule has 0 aliphatic carbocycles. The maximum Gasteiger partial charge on any atom is 0.133 e. The number of thiophene rings is 1. The Kier molecular flexibility index (Phi) is 2.14.